The van der Waals surface area contributed by atoms with Gasteiger partial charge in [0.05, 0.1) is 29.1 Å². The van der Waals surface area contributed by atoms with E-state index in [1.807, 2.05) is 26.0 Å². The number of benzene rings is 1. The average molecular weight is 371 g/mol. The van der Waals surface area contributed by atoms with Crippen LogP contribution in [0.2, 0.25) is 0 Å². The Morgan fingerprint density at radius 1 is 1.50 bits per heavy atom. The van der Waals surface area contributed by atoms with Crippen LogP contribution in [-0.4, -0.2) is 30.2 Å². The number of rotatable bonds is 5. The Labute approximate surface area is 156 Å². The van der Waals surface area contributed by atoms with Crippen LogP contribution in [0.1, 0.15) is 32.3 Å². The van der Waals surface area contributed by atoms with Crippen molar-refractivity contribution in [3.8, 4) is 22.3 Å². The predicted octanol–water partition coefficient (Wildman–Crippen LogP) is 3.83. The fraction of sp³-hybridized carbons (Fsp3) is 0.421. The highest BCUT2D eigenvalue weighted by Gasteiger charge is 2.22. The number of carbonyl (C=O) groups excluding carboxylic acids is 1. The molecule has 1 aromatic carbocycles. The van der Waals surface area contributed by atoms with Crippen molar-refractivity contribution in [3.05, 3.63) is 30.0 Å². The quantitative estimate of drug-likeness (QED) is 0.863. The Morgan fingerprint density at radius 3 is 3.04 bits per heavy atom. The summed E-state index contributed by atoms with van der Waals surface area (Å²) in [6.07, 6.45) is 3.45. The topological polar surface area (TPSA) is 84.2 Å². The molecule has 0 saturated carbocycles. The third-order valence-corrected chi connectivity index (χ3v) is 4.98. The van der Waals surface area contributed by atoms with Crippen molar-refractivity contribution in [3.63, 3.8) is 0 Å². The minimum Gasteiger partial charge on any atom is -0.490 e. The van der Waals surface area contributed by atoms with E-state index in [1.165, 1.54) is 11.3 Å². The average Bonchev–Trinajstić information content (AvgIpc) is 3.10. The molecule has 1 atom stereocenters. The van der Waals surface area contributed by atoms with E-state index in [1.54, 1.807) is 12.3 Å². The molecule has 2 heterocycles. The molecule has 6 nitrogen and oxygen atoms in total. The number of ether oxygens (including phenoxy) is 2. The summed E-state index contributed by atoms with van der Waals surface area (Å²) in [7, 11) is 0. The van der Waals surface area contributed by atoms with Crippen molar-refractivity contribution < 1.29 is 14.3 Å². The lowest BCUT2D eigenvalue weighted by molar-refractivity contribution is -0.123. The Bertz CT molecular complexity index is 820. The van der Waals surface area contributed by atoms with E-state index in [4.69, 9.17) is 9.47 Å². The molecule has 0 radical (unpaired) electrons. The van der Waals surface area contributed by atoms with Gasteiger partial charge >= 0.3 is 0 Å². The van der Waals surface area contributed by atoms with Gasteiger partial charge in [0.1, 0.15) is 11.8 Å². The monoisotopic (exact) mass is 371 g/mol. The maximum absolute atomic E-state index is 12.3. The molecule has 136 valence electrons. The first-order valence-electron chi connectivity index (χ1n) is 8.62. The van der Waals surface area contributed by atoms with Crippen LogP contribution >= 0.6 is 11.3 Å². The Hall–Kier alpha value is -2.43. The summed E-state index contributed by atoms with van der Waals surface area (Å²) in [5.41, 5.74) is 1.40. The second kappa shape index (κ2) is 8.30. The van der Waals surface area contributed by atoms with Crippen LogP contribution in [0.3, 0.4) is 0 Å². The van der Waals surface area contributed by atoms with E-state index in [0.29, 0.717) is 23.1 Å². The molecule has 1 amide bonds. The number of nitrogens with zero attached hydrogens (tertiary/aromatic N) is 2. The molecule has 0 bridgehead atoms. The zero-order chi connectivity index (χ0) is 18.5. The van der Waals surface area contributed by atoms with Gasteiger partial charge in [-0.3, -0.25) is 4.79 Å². The summed E-state index contributed by atoms with van der Waals surface area (Å²) in [4.78, 5) is 17.5. The molecule has 3 rings (SSSR count). The first-order chi connectivity index (χ1) is 12.6. The fourth-order valence-electron chi connectivity index (χ4n) is 2.74. The zero-order valence-electron chi connectivity index (χ0n) is 14.8. The maximum Gasteiger partial charge on any atom is 0.231 e. The van der Waals surface area contributed by atoms with Crippen LogP contribution in [-0.2, 0) is 9.53 Å². The van der Waals surface area contributed by atoms with Gasteiger partial charge in [0, 0.05) is 12.8 Å². The number of amides is 1. The van der Waals surface area contributed by atoms with Crippen LogP contribution in [0.5, 0.6) is 5.75 Å². The van der Waals surface area contributed by atoms with Crippen molar-refractivity contribution in [2.75, 3.05) is 18.5 Å². The minimum atomic E-state index is -0.114. The lowest BCUT2D eigenvalue weighted by Crippen LogP contribution is -2.30. The molecule has 1 aliphatic rings. The highest BCUT2D eigenvalue weighted by molar-refractivity contribution is 7.19. The highest BCUT2D eigenvalue weighted by Crippen LogP contribution is 2.33. The molecule has 1 fully saturated rings. The third kappa shape index (κ3) is 4.40. The molecular formula is C19H21N3O3S. The molecule has 1 unspecified atom stereocenters. The van der Waals surface area contributed by atoms with Crippen LogP contribution in [0, 0.1) is 17.2 Å². The molecule has 0 aliphatic carbocycles. The van der Waals surface area contributed by atoms with Crippen LogP contribution in [0.25, 0.3) is 10.4 Å². The second-order valence-corrected chi connectivity index (χ2v) is 7.45. The van der Waals surface area contributed by atoms with Gasteiger partial charge < -0.3 is 14.8 Å². The third-order valence-electron chi connectivity index (χ3n) is 4.02. The smallest absolute Gasteiger partial charge is 0.231 e. The number of nitriles is 1. The number of hydrogen-bond acceptors (Lipinski definition) is 6. The normalized spacial score (nSPS) is 16.9. The van der Waals surface area contributed by atoms with Crippen LogP contribution < -0.4 is 10.1 Å². The van der Waals surface area contributed by atoms with Crippen molar-refractivity contribution in [1.82, 2.24) is 4.98 Å². The largest absolute Gasteiger partial charge is 0.490 e. The van der Waals surface area contributed by atoms with E-state index < -0.39 is 0 Å². The SMILES string of the molecule is CC(C)Oc1cc(-c2cnc(NC(=O)C3CCCOC3)s2)ccc1C#N. The van der Waals surface area contributed by atoms with Gasteiger partial charge in [-0.15, -0.1) is 0 Å². The van der Waals surface area contributed by atoms with E-state index in [9.17, 15) is 10.1 Å². The molecular weight excluding hydrogens is 350 g/mol. The first-order valence-corrected chi connectivity index (χ1v) is 9.44. The van der Waals surface area contributed by atoms with Crippen molar-refractivity contribution in [1.29, 1.82) is 5.26 Å². The summed E-state index contributed by atoms with van der Waals surface area (Å²) < 4.78 is 11.1. The summed E-state index contributed by atoms with van der Waals surface area (Å²) >= 11 is 1.40. The van der Waals surface area contributed by atoms with E-state index in [2.05, 4.69) is 16.4 Å². The van der Waals surface area contributed by atoms with E-state index in [0.717, 1.165) is 29.9 Å². The lowest BCUT2D eigenvalue weighted by Gasteiger charge is -2.20. The maximum atomic E-state index is 12.3. The number of hydrogen-bond donors (Lipinski definition) is 1. The Morgan fingerprint density at radius 2 is 2.35 bits per heavy atom. The molecule has 1 aliphatic heterocycles. The van der Waals surface area contributed by atoms with Gasteiger partial charge in [-0.1, -0.05) is 17.4 Å². The molecule has 2 aromatic rings. The molecule has 7 heteroatoms. The van der Waals surface area contributed by atoms with Gasteiger partial charge in [0.15, 0.2) is 5.13 Å². The summed E-state index contributed by atoms with van der Waals surface area (Å²) in [5.74, 6) is 0.393. The Kier molecular flexibility index (Phi) is 5.86. The van der Waals surface area contributed by atoms with Gasteiger partial charge in [-0.05, 0) is 44.4 Å². The Balaban J connectivity index is 1.75. The molecule has 26 heavy (non-hydrogen) atoms. The van der Waals surface area contributed by atoms with Crippen molar-refractivity contribution >= 4 is 22.4 Å². The zero-order valence-corrected chi connectivity index (χ0v) is 15.6. The number of anilines is 1. The molecule has 0 spiro atoms. The summed E-state index contributed by atoms with van der Waals surface area (Å²) in [5, 5.41) is 12.7. The van der Waals surface area contributed by atoms with Crippen molar-refractivity contribution in [2.45, 2.75) is 32.8 Å². The van der Waals surface area contributed by atoms with Gasteiger partial charge in [-0.2, -0.15) is 5.26 Å². The summed E-state index contributed by atoms with van der Waals surface area (Å²) in [6.45, 7) is 5.03. The number of thiazole rings is 1. The first kappa shape index (κ1) is 18.4. The fourth-order valence-corrected chi connectivity index (χ4v) is 3.56. The number of nitrogens with one attached hydrogen (secondary N) is 1. The second-order valence-electron chi connectivity index (χ2n) is 6.42. The standard InChI is InChI=1S/C19H21N3O3S/c1-12(2)25-16-8-13(5-6-14(16)9-20)17-10-21-19(26-17)22-18(23)15-4-3-7-24-11-15/h5-6,8,10,12,15H,3-4,7,11H2,1-2H3,(H,21,22,23). The highest BCUT2D eigenvalue weighted by atomic mass is 32.1. The van der Waals surface area contributed by atoms with Crippen LogP contribution in [0.15, 0.2) is 24.4 Å². The van der Waals surface area contributed by atoms with E-state index >= 15 is 0 Å². The molecule has 1 saturated heterocycles. The van der Waals surface area contributed by atoms with Gasteiger partial charge in [0.2, 0.25) is 5.91 Å². The minimum absolute atomic E-state index is 0.0219. The van der Waals surface area contributed by atoms with Gasteiger partial charge in [0.25, 0.3) is 0 Å². The van der Waals surface area contributed by atoms with E-state index in [-0.39, 0.29) is 17.9 Å². The summed E-state index contributed by atoms with van der Waals surface area (Å²) in [6, 6.07) is 7.58. The number of carbonyl (C=O) groups is 1. The lowest BCUT2D eigenvalue weighted by atomic mass is 10.0. The predicted molar refractivity (Wildman–Crippen MR) is 100 cm³/mol. The van der Waals surface area contributed by atoms with Crippen molar-refractivity contribution in [2.24, 2.45) is 5.92 Å². The molecule has 1 aromatic heterocycles. The van der Waals surface area contributed by atoms with Crippen LogP contribution in [0.4, 0.5) is 5.13 Å². The molecule has 1 N–H and O–H groups in total. The van der Waals surface area contributed by atoms with Gasteiger partial charge in [-0.25, -0.2) is 4.98 Å². The number of aromatic nitrogens is 1.